The largest absolute Gasteiger partial charge is 0.351 e. The Labute approximate surface area is 169 Å². The van der Waals surface area contributed by atoms with Gasteiger partial charge in [0.05, 0.1) is 12.2 Å². The minimum absolute atomic E-state index is 0. The third kappa shape index (κ3) is 5.53. The van der Waals surface area contributed by atoms with Crippen LogP contribution in [0.2, 0.25) is 0 Å². The summed E-state index contributed by atoms with van der Waals surface area (Å²) in [6.07, 6.45) is 12.9. The molecular weight excluding hydrogens is 425 g/mol. The maximum Gasteiger partial charge on any atom is 0.193 e. The van der Waals surface area contributed by atoms with Crippen LogP contribution in [0.4, 0.5) is 0 Å². The Hall–Kier alpha value is -0.920. The molecule has 0 radical (unpaired) electrons. The van der Waals surface area contributed by atoms with Gasteiger partial charge in [-0.05, 0) is 44.1 Å². The third-order valence-corrected chi connectivity index (χ3v) is 5.60. The number of aliphatic imine (C=N–C) groups is 1. The molecule has 140 valence electrons. The quantitative estimate of drug-likeness (QED) is 0.416. The highest BCUT2D eigenvalue weighted by molar-refractivity contribution is 14.0. The summed E-state index contributed by atoms with van der Waals surface area (Å²) < 4.78 is 0. The van der Waals surface area contributed by atoms with Crippen LogP contribution in [0.5, 0.6) is 0 Å². The zero-order chi connectivity index (χ0) is 16.8. The Morgan fingerprint density at radius 1 is 1.20 bits per heavy atom. The molecule has 0 aromatic carbocycles. The van der Waals surface area contributed by atoms with Gasteiger partial charge in [0.25, 0.3) is 0 Å². The van der Waals surface area contributed by atoms with Crippen LogP contribution in [0, 0.1) is 12.3 Å². The molecule has 1 aliphatic heterocycles. The molecule has 1 aliphatic carbocycles. The van der Waals surface area contributed by atoms with E-state index in [9.17, 15) is 0 Å². The normalized spacial score (nSPS) is 20.7. The van der Waals surface area contributed by atoms with Gasteiger partial charge in [0.2, 0.25) is 0 Å². The maximum absolute atomic E-state index is 4.54. The summed E-state index contributed by atoms with van der Waals surface area (Å²) >= 11 is 0. The summed E-state index contributed by atoms with van der Waals surface area (Å²) in [6, 6.07) is 1.97. The first-order valence-electron chi connectivity index (χ1n) is 9.45. The molecule has 3 rings (SSSR count). The fraction of sp³-hybridized carbons (Fsp3) is 0.737. The van der Waals surface area contributed by atoms with Crippen LogP contribution in [0.3, 0.4) is 0 Å². The predicted molar refractivity (Wildman–Crippen MR) is 113 cm³/mol. The molecular formula is C19H32IN5. The van der Waals surface area contributed by atoms with Crippen LogP contribution in [0.25, 0.3) is 0 Å². The molecule has 0 atom stereocenters. The van der Waals surface area contributed by atoms with Gasteiger partial charge in [-0.15, -0.1) is 24.0 Å². The number of hydrogen-bond acceptors (Lipinski definition) is 3. The molecule has 1 N–H and O–H groups in total. The fourth-order valence-electron chi connectivity index (χ4n) is 4.38. The van der Waals surface area contributed by atoms with Crippen LogP contribution in [-0.2, 0) is 6.54 Å². The molecule has 1 saturated carbocycles. The number of likely N-dealkylation sites (tertiary alicyclic amines) is 1. The summed E-state index contributed by atoms with van der Waals surface area (Å²) in [5.74, 6) is 1.84. The Kier molecular flexibility index (Phi) is 7.90. The molecule has 2 aliphatic rings. The van der Waals surface area contributed by atoms with Gasteiger partial charge in [-0.3, -0.25) is 4.99 Å². The van der Waals surface area contributed by atoms with Crippen molar-refractivity contribution in [2.24, 2.45) is 10.4 Å². The van der Waals surface area contributed by atoms with Crippen molar-refractivity contribution in [3.8, 4) is 0 Å². The first-order chi connectivity index (χ1) is 11.7. The molecule has 1 aromatic heterocycles. The van der Waals surface area contributed by atoms with E-state index in [-0.39, 0.29) is 24.0 Å². The number of guanidine groups is 1. The summed E-state index contributed by atoms with van der Waals surface area (Å²) in [5, 5.41) is 3.51. The topological polar surface area (TPSA) is 53.4 Å². The second kappa shape index (κ2) is 9.69. The highest BCUT2D eigenvalue weighted by atomic mass is 127. The molecule has 0 amide bonds. The first kappa shape index (κ1) is 20.4. The molecule has 1 saturated heterocycles. The van der Waals surface area contributed by atoms with E-state index in [1.165, 1.54) is 51.4 Å². The lowest BCUT2D eigenvalue weighted by atomic mass is 9.74. The SMILES string of the molecule is CN=C(NCc1ccnc(C)n1)N1CCCC2(CCCCCC2)C1.I. The van der Waals surface area contributed by atoms with Crippen molar-refractivity contribution in [2.45, 2.75) is 64.8 Å². The molecule has 1 spiro atoms. The molecule has 5 nitrogen and oxygen atoms in total. The van der Waals surface area contributed by atoms with Crippen molar-refractivity contribution in [1.29, 1.82) is 0 Å². The van der Waals surface area contributed by atoms with Gasteiger partial charge < -0.3 is 10.2 Å². The van der Waals surface area contributed by atoms with Gasteiger partial charge in [-0.1, -0.05) is 25.7 Å². The summed E-state index contributed by atoms with van der Waals surface area (Å²) in [7, 11) is 1.89. The van der Waals surface area contributed by atoms with E-state index < -0.39 is 0 Å². The van der Waals surface area contributed by atoms with E-state index in [0.29, 0.717) is 12.0 Å². The minimum Gasteiger partial charge on any atom is -0.351 e. The van der Waals surface area contributed by atoms with E-state index in [0.717, 1.165) is 30.6 Å². The number of nitrogens with zero attached hydrogens (tertiary/aromatic N) is 4. The second-order valence-electron chi connectivity index (χ2n) is 7.44. The van der Waals surface area contributed by atoms with Crippen LogP contribution >= 0.6 is 24.0 Å². The van der Waals surface area contributed by atoms with Crippen molar-refractivity contribution >= 4 is 29.9 Å². The Morgan fingerprint density at radius 3 is 2.60 bits per heavy atom. The Balaban J connectivity index is 0.00000225. The second-order valence-corrected chi connectivity index (χ2v) is 7.44. The lowest BCUT2D eigenvalue weighted by molar-refractivity contribution is 0.115. The number of aromatic nitrogens is 2. The number of halogens is 1. The van der Waals surface area contributed by atoms with Gasteiger partial charge in [0.1, 0.15) is 5.82 Å². The van der Waals surface area contributed by atoms with E-state index in [4.69, 9.17) is 0 Å². The molecule has 6 heteroatoms. The van der Waals surface area contributed by atoms with Crippen molar-refractivity contribution < 1.29 is 0 Å². The highest BCUT2D eigenvalue weighted by Gasteiger charge is 2.36. The number of hydrogen-bond donors (Lipinski definition) is 1. The fourth-order valence-corrected chi connectivity index (χ4v) is 4.38. The zero-order valence-electron chi connectivity index (χ0n) is 15.6. The predicted octanol–water partition coefficient (Wildman–Crippen LogP) is 3.91. The van der Waals surface area contributed by atoms with Crippen LogP contribution < -0.4 is 5.32 Å². The lowest BCUT2D eigenvalue weighted by Gasteiger charge is -2.44. The Bertz CT molecular complexity index is 567. The summed E-state index contributed by atoms with van der Waals surface area (Å²) in [4.78, 5) is 15.7. The minimum atomic E-state index is 0. The van der Waals surface area contributed by atoms with Gasteiger partial charge in [0.15, 0.2) is 5.96 Å². The van der Waals surface area contributed by atoms with Gasteiger partial charge in [-0.25, -0.2) is 9.97 Å². The Morgan fingerprint density at radius 2 is 1.92 bits per heavy atom. The monoisotopic (exact) mass is 457 g/mol. The van der Waals surface area contributed by atoms with E-state index in [1.54, 1.807) is 0 Å². The maximum atomic E-state index is 4.54. The van der Waals surface area contributed by atoms with Crippen LogP contribution in [0.15, 0.2) is 17.3 Å². The summed E-state index contributed by atoms with van der Waals surface area (Å²) in [5.41, 5.74) is 1.54. The van der Waals surface area contributed by atoms with Crippen molar-refractivity contribution in [3.05, 3.63) is 23.8 Å². The van der Waals surface area contributed by atoms with Gasteiger partial charge in [-0.2, -0.15) is 0 Å². The van der Waals surface area contributed by atoms with Gasteiger partial charge >= 0.3 is 0 Å². The molecule has 2 heterocycles. The van der Waals surface area contributed by atoms with Crippen LogP contribution in [0.1, 0.15) is 62.9 Å². The molecule has 25 heavy (non-hydrogen) atoms. The van der Waals surface area contributed by atoms with Gasteiger partial charge in [0, 0.05) is 26.3 Å². The smallest absolute Gasteiger partial charge is 0.193 e. The average molecular weight is 457 g/mol. The summed E-state index contributed by atoms with van der Waals surface area (Å²) in [6.45, 7) is 4.91. The van der Waals surface area contributed by atoms with E-state index in [2.05, 4.69) is 25.2 Å². The first-order valence-corrected chi connectivity index (χ1v) is 9.45. The number of piperidine rings is 1. The number of nitrogens with one attached hydrogen (secondary N) is 1. The van der Waals surface area contributed by atoms with Crippen molar-refractivity contribution in [3.63, 3.8) is 0 Å². The lowest BCUT2D eigenvalue weighted by Crippen LogP contribution is -2.50. The zero-order valence-corrected chi connectivity index (χ0v) is 18.0. The van der Waals surface area contributed by atoms with E-state index in [1.807, 2.05) is 26.2 Å². The number of rotatable bonds is 2. The third-order valence-electron chi connectivity index (χ3n) is 5.60. The molecule has 0 unspecified atom stereocenters. The van der Waals surface area contributed by atoms with E-state index >= 15 is 0 Å². The highest BCUT2D eigenvalue weighted by Crippen LogP contribution is 2.42. The van der Waals surface area contributed by atoms with Crippen LogP contribution in [-0.4, -0.2) is 41.0 Å². The standard InChI is InChI=1S/C19H31N5.HI/c1-16-21-12-8-17(23-16)14-22-18(20-2)24-13-7-11-19(15-24)9-5-3-4-6-10-19;/h8,12H,3-7,9-11,13-15H2,1-2H3,(H,20,22);1H. The average Bonchev–Trinajstić information content (AvgIpc) is 2.81. The molecule has 2 fully saturated rings. The molecule has 1 aromatic rings. The van der Waals surface area contributed by atoms with Crippen molar-refractivity contribution in [1.82, 2.24) is 20.2 Å². The number of aryl methyl sites for hydroxylation is 1. The van der Waals surface area contributed by atoms with Crippen molar-refractivity contribution in [2.75, 3.05) is 20.1 Å². The molecule has 0 bridgehead atoms.